The maximum atomic E-state index is 6.36. The van der Waals surface area contributed by atoms with Gasteiger partial charge in [-0.1, -0.05) is 97.1 Å². The molecule has 0 radical (unpaired) electrons. The number of fused-ring (bicyclic) bond motifs is 6. The van der Waals surface area contributed by atoms with Crippen LogP contribution < -0.4 is 4.90 Å². The Labute approximate surface area is 263 Å². The summed E-state index contributed by atoms with van der Waals surface area (Å²) in [6.07, 6.45) is 0. The van der Waals surface area contributed by atoms with E-state index in [-0.39, 0.29) is 0 Å². The number of hydrogen-bond acceptors (Lipinski definition) is 5. The summed E-state index contributed by atoms with van der Waals surface area (Å²) in [4.78, 5) is 12.6. The van der Waals surface area contributed by atoms with Crippen molar-refractivity contribution in [2.24, 2.45) is 0 Å². The Balaban J connectivity index is 1.20. The lowest BCUT2D eigenvalue weighted by atomic mass is 10.1. The second-order valence-corrected chi connectivity index (χ2v) is 12.0. The van der Waals surface area contributed by atoms with E-state index in [2.05, 4.69) is 108 Å². The molecule has 4 aromatic heterocycles. The van der Waals surface area contributed by atoms with E-state index in [0.717, 1.165) is 61.8 Å². The fourth-order valence-corrected chi connectivity index (χ4v) is 7.48. The van der Waals surface area contributed by atoms with E-state index in [1.807, 2.05) is 59.9 Å². The monoisotopic (exact) mass is 595 g/mol. The third kappa shape index (κ3) is 4.28. The lowest BCUT2D eigenvalue weighted by Crippen LogP contribution is -2.13. The highest BCUT2D eigenvalue weighted by molar-refractivity contribution is 7.26. The minimum atomic E-state index is 0.775. The zero-order valence-electron chi connectivity index (χ0n) is 24.1. The van der Waals surface area contributed by atoms with E-state index >= 15 is 0 Å². The second kappa shape index (κ2) is 10.4. The minimum Gasteiger partial charge on any atom is -0.455 e. The lowest BCUT2D eigenvalue weighted by Gasteiger charge is -2.24. The van der Waals surface area contributed by atoms with Crippen LogP contribution >= 0.6 is 11.3 Å². The molecule has 0 aliphatic carbocycles. The molecule has 0 fully saturated rings. The number of thiophene rings is 1. The van der Waals surface area contributed by atoms with Crippen LogP contribution in [0.2, 0.25) is 0 Å². The normalized spacial score (nSPS) is 11.6. The first-order chi connectivity index (χ1) is 22.3. The number of hydrogen-bond donors (Lipinski definition) is 0. The van der Waals surface area contributed by atoms with Gasteiger partial charge in [-0.05, 0) is 54.6 Å². The zero-order chi connectivity index (χ0) is 29.7. The average Bonchev–Trinajstić information content (AvgIpc) is 3.68. The van der Waals surface area contributed by atoms with Crippen LogP contribution in [0.4, 0.5) is 17.3 Å². The molecule has 9 rings (SSSR count). The Hall–Kier alpha value is -5.78. The maximum Gasteiger partial charge on any atom is 0.144 e. The number of aromatic nitrogens is 2. The van der Waals surface area contributed by atoms with Crippen molar-refractivity contribution in [1.29, 1.82) is 0 Å². The van der Waals surface area contributed by atoms with Crippen molar-refractivity contribution >= 4 is 70.8 Å². The van der Waals surface area contributed by atoms with Gasteiger partial charge in [0, 0.05) is 47.8 Å². The summed E-state index contributed by atoms with van der Waals surface area (Å²) < 4.78 is 8.89. The largest absolute Gasteiger partial charge is 0.455 e. The highest BCUT2D eigenvalue weighted by Crippen LogP contribution is 2.41. The predicted molar refractivity (Wildman–Crippen MR) is 188 cm³/mol. The van der Waals surface area contributed by atoms with Gasteiger partial charge in [0.25, 0.3) is 0 Å². The molecular weight excluding hydrogens is 571 g/mol. The molecule has 0 amide bonds. The molecule has 0 aliphatic heterocycles. The molecule has 9 aromatic rings. The standard InChI is InChI=1S/C40H25N3OS/c1-2-12-26(13-3-1)43(37-24-10-20-33(41-37)31-18-8-16-29-27-14-4-6-22-35(27)44-39(29)31)38-25-11-21-34(42-38)32-19-9-17-30-28-15-5-7-23-36(28)45-40(30)32/h1-25H. The summed E-state index contributed by atoms with van der Waals surface area (Å²) in [5, 5.41) is 4.72. The molecule has 5 aromatic carbocycles. The number of pyridine rings is 2. The Morgan fingerprint density at radius 3 is 1.87 bits per heavy atom. The van der Waals surface area contributed by atoms with Crippen molar-refractivity contribution in [3.63, 3.8) is 0 Å². The highest BCUT2D eigenvalue weighted by atomic mass is 32.1. The number of anilines is 3. The molecule has 0 aliphatic rings. The first kappa shape index (κ1) is 25.7. The highest BCUT2D eigenvalue weighted by Gasteiger charge is 2.19. The molecule has 0 N–H and O–H groups in total. The number of para-hydroxylation sites is 3. The molecule has 4 nitrogen and oxygen atoms in total. The van der Waals surface area contributed by atoms with E-state index < -0.39 is 0 Å². The summed E-state index contributed by atoms with van der Waals surface area (Å²) >= 11 is 1.82. The Bertz CT molecular complexity index is 2360. The molecule has 0 unspecified atom stereocenters. The van der Waals surface area contributed by atoms with Gasteiger partial charge in [0.1, 0.15) is 22.8 Å². The summed E-state index contributed by atoms with van der Waals surface area (Å²) in [6, 6.07) is 52.2. The van der Waals surface area contributed by atoms with Crippen LogP contribution in [-0.4, -0.2) is 9.97 Å². The van der Waals surface area contributed by atoms with Crippen molar-refractivity contribution in [2.45, 2.75) is 0 Å². The third-order valence-corrected chi connectivity index (χ3v) is 9.52. The van der Waals surface area contributed by atoms with Gasteiger partial charge < -0.3 is 4.42 Å². The molecule has 4 heterocycles. The maximum absolute atomic E-state index is 6.36. The summed E-state index contributed by atoms with van der Waals surface area (Å²) in [7, 11) is 0. The van der Waals surface area contributed by atoms with Crippen molar-refractivity contribution < 1.29 is 4.42 Å². The Morgan fingerprint density at radius 1 is 0.467 bits per heavy atom. The number of benzene rings is 5. The van der Waals surface area contributed by atoms with Crippen LogP contribution in [0.15, 0.2) is 156 Å². The summed E-state index contributed by atoms with van der Waals surface area (Å²) in [5.74, 6) is 1.57. The van der Waals surface area contributed by atoms with Gasteiger partial charge in [-0.15, -0.1) is 11.3 Å². The van der Waals surface area contributed by atoms with E-state index in [0.29, 0.717) is 0 Å². The van der Waals surface area contributed by atoms with Crippen LogP contribution in [0.1, 0.15) is 0 Å². The van der Waals surface area contributed by atoms with Gasteiger partial charge in [-0.3, -0.25) is 4.90 Å². The van der Waals surface area contributed by atoms with Gasteiger partial charge in [-0.25, -0.2) is 9.97 Å². The van der Waals surface area contributed by atoms with E-state index in [1.165, 1.54) is 20.2 Å². The zero-order valence-corrected chi connectivity index (χ0v) is 24.9. The molecular formula is C40H25N3OS. The van der Waals surface area contributed by atoms with Gasteiger partial charge >= 0.3 is 0 Å². The second-order valence-electron chi connectivity index (χ2n) is 11.0. The molecule has 0 saturated carbocycles. The van der Waals surface area contributed by atoms with E-state index in [9.17, 15) is 0 Å². The van der Waals surface area contributed by atoms with Crippen molar-refractivity contribution in [2.75, 3.05) is 4.90 Å². The van der Waals surface area contributed by atoms with Gasteiger partial charge in [0.2, 0.25) is 0 Å². The molecule has 45 heavy (non-hydrogen) atoms. The van der Waals surface area contributed by atoms with E-state index in [1.54, 1.807) is 0 Å². The first-order valence-electron chi connectivity index (χ1n) is 14.9. The van der Waals surface area contributed by atoms with Gasteiger partial charge in [-0.2, -0.15) is 0 Å². The third-order valence-electron chi connectivity index (χ3n) is 8.30. The fourth-order valence-electron chi connectivity index (χ4n) is 6.25. The lowest BCUT2D eigenvalue weighted by molar-refractivity contribution is 0.670. The average molecular weight is 596 g/mol. The first-order valence-corrected chi connectivity index (χ1v) is 15.7. The molecule has 0 spiro atoms. The van der Waals surface area contributed by atoms with Crippen molar-refractivity contribution in [3.8, 4) is 22.5 Å². The summed E-state index contributed by atoms with van der Waals surface area (Å²) in [6.45, 7) is 0. The SMILES string of the molecule is c1ccc(N(c2cccc(-c3cccc4c3oc3ccccc34)n2)c2cccc(-c3cccc4c3sc3ccccc34)n2)cc1. The van der Waals surface area contributed by atoms with Gasteiger partial charge in [0.15, 0.2) is 0 Å². The molecule has 0 atom stereocenters. The van der Waals surface area contributed by atoms with Crippen LogP contribution in [-0.2, 0) is 0 Å². The Kier molecular flexibility index (Phi) is 5.96. The number of nitrogens with zero attached hydrogens (tertiary/aromatic N) is 3. The fraction of sp³-hybridized carbons (Fsp3) is 0. The van der Waals surface area contributed by atoms with Crippen molar-refractivity contribution in [1.82, 2.24) is 9.97 Å². The predicted octanol–water partition coefficient (Wildman–Crippen LogP) is 11.5. The topological polar surface area (TPSA) is 42.2 Å². The Morgan fingerprint density at radius 2 is 1.07 bits per heavy atom. The van der Waals surface area contributed by atoms with Crippen LogP contribution in [0.3, 0.4) is 0 Å². The smallest absolute Gasteiger partial charge is 0.144 e. The van der Waals surface area contributed by atoms with E-state index in [4.69, 9.17) is 14.4 Å². The number of rotatable bonds is 5. The minimum absolute atomic E-state index is 0.775. The molecule has 212 valence electrons. The van der Waals surface area contributed by atoms with Gasteiger partial charge in [0.05, 0.1) is 11.4 Å². The van der Waals surface area contributed by atoms with Crippen molar-refractivity contribution in [3.05, 3.63) is 152 Å². The van der Waals surface area contributed by atoms with Crippen LogP contribution in [0.25, 0.3) is 64.6 Å². The molecule has 0 bridgehead atoms. The van der Waals surface area contributed by atoms with Crippen LogP contribution in [0, 0.1) is 0 Å². The summed E-state index contributed by atoms with van der Waals surface area (Å²) in [5.41, 5.74) is 6.54. The molecule has 5 heteroatoms. The number of furan rings is 1. The quantitative estimate of drug-likeness (QED) is 0.198. The van der Waals surface area contributed by atoms with Crippen LogP contribution in [0.5, 0.6) is 0 Å². The molecule has 0 saturated heterocycles.